The lowest BCUT2D eigenvalue weighted by Crippen LogP contribution is -2.61. The van der Waals surface area contributed by atoms with Crippen molar-refractivity contribution in [1.29, 1.82) is 0 Å². The maximum atomic E-state index is 11.0. The standard InChI is InChI=1S/C21H36O6/c1-3-5-10-20(11-6-4-2)24-16-14(22)18-19(15(23)17(16)25-20)27-21(26-18)12-8-7-9-13-21/h14-19,22-23H,3-13H2,1-2H3/t14-,15-,16-,17+,18+,19+/m1/s1. The predicted molar refractivity (Wildman–Crippen MR) is 99.1 cm³/mol. The molecular formula is C21H36O6. The van der Waals surface area contributed by atoms with Gasteiger partial charge in [0.25, 0.3) is 0 Å². The van der Waals surface area contributed by atoms with Crippen molar-refractivity contribution in [2.45, 2.75) is 133 Å². The average Bonchev–Trinajstić information content (AvgIpc) is 3.24. The molecule has 6 atom stereocenters. The van der Waals surface area contributed by atoms with Gasteiger partial charge in [0.1, 0.15) is 36.6 Å². The molecule has 0 aromatic heterocycles. The van der Waals surface area contributed by atoms with Gasteiger partial charge >= 0.3 is 0 Å². The Morgan fingerprint density at radius 3 is 1.59 bits per heavy atom. The van der Waals surface area contributed by atoms with Gasteiger partial charge in [-0.05, 0) is 25.7 Å². The quantitative estimate of drug-likeness (QED) is 0.733. The van der Waals surface area contributed by atoms with E-state index in [4.69, 9.17) is 18.9 Å². The molecule has 4 fully saturated rings. The zero-order chi connectivity index (χ0) is 19.1. The minimum atomic E-state index is -0.838. The van der Waals surface area contributed by atoms with Crippen LogP contribution in [0.5, 0.6) is 0 Å². The third kappa shape index (κ3) is 3.58. The Labute approximate surface area is 162 Å². The highest BCUT2D eigenvalue weighted by molar-refractivity contribution is 5.09. The first-order chi connectivity index (χ1) is 13.0. The molecule has 0 unspecified atom stereocenters. The van der Waals surface area contributed by atoms with Gasteiger partial charge in [-0.25, -0.2) is 0 Å². The molecule has 0 bridgehead atoms. The van der Waals surface area contributed by atoms with Crippen molar-refractivity contribution in [3.8, 4) is 0 Å². The molecule has 27 heavy (non-hydrogen) atoms. The van der Waals surface area contributed by atoms with E-state index in [0.717, 1.165) is 64.2 Å². The molecule has 1 spiro atoms. The number of rotatable bonds is 6. The topological polar surface area (TPSA) is 77.4 Å². The number of aliphatic hydroxyl groups is 2. The van der Waals surface area contributed by atoms with Crippen LogP contribution in [0.2, 0.25) is 0 Å². The van der Waals surface area contributed by atoms with Crippen molar-refractivity contribution in [2.75, 3.05) is 0 Å². The lowest BCUT2D eigenvalue weighted by atomic mass is 9.85. The normalized spacial score (nSPS) is 42.2. The van der Waals surface area contributed by atoms with Crippen LogP contribution in [0.3, 0.4) is 0 Å². The molecule has 156 valence electrons. The van der Waals surface area contributed by atoms with Crippen LogP contribution in [-0.2, 0) is 18.9 Å². The Morgan fingerprint density at radius 2 is 1.15 bits per heavy atom. The van der Waals surface area contributed by atoms with Gasteiger partial charge in [-0.15, -0.1) is 0 Å². The van der Waals surface area contributed by atoms with E-state index in [9.17, 15) is 10.2 Å². The van der Waals surface area contributed by atoms with Crippen molar-refractivity contribution in [2.24, 2.45) is 0 Å². The van der Waals surface area contributed by atoms with Crippen LogP contribution >= 0.6 is 0 Å². The molecule has 0 aromatic carbocycles. The molecule has 2 saturated carbocycles. The number of aliphatic hydroxyl groups excluding tert-OH is 2. The van der Waals surface area contributed by atoms with Gasteiger partial charge in [-0.2, -0.15) is 0 Å². The molecule has 2 heterocycles. The molecule has 6 heteroatoms. The third-order valence-corrected chi connectivity index (χ3v) is 6.84. The van der Waals surface area contributed by atoms with Gasteiger partial charge in [0.2, 0.25) is 0 Å². The van der Waals surface area contributed by atoms with Gasteiger partial charge in [-0.3, -0.25) is 0 Å². The second-order valence-corrected chi connectivity index (χ2v) is 8.90. The Kier molecular flexibility index (Phi) is 5.85. The molecule has 2 N–H and O–H groups in total. The zero-order valence-corrected chi connectivity index (χ0v) is 16.8. The lowest BCUT2D eigenvalue weighted by molar-refractivity contribution is -0.221. The Balaban J connectivity index is 1.51. The maximum Gasteiger partial charge on any atom is 0.169 e. The molecule has 0 radical (unpaired) electrons. The summed E-state index contributed by atoms with van der Waals surface area (Å²) in [6.45, 7) is 4.30. The Bertz CT molecular complexity index is 467. The number of unbranched alkanes of at least 4 members (excludes halogenated alkanes) is 2. The molecule has 0 amide bonds. The molecule has 0 aromatic rings. The van der Waals surface area contributed by atoms with Crippen LogP contribution in [0, 0.1) is 0 Å². The van der Waals surface area contributed by atoms with E-state index in [1.165, 1.54) is 6.42 Å². The Hall–Kier alpha value is -0.240. The second kappa shape index (κ2) is 7.88. The van der Waals surface area contributed by atoms with Gasteiger partial charge in [-0.1, -0.05) is 33.1 Å². The first-order valence-corrected chi connectivity index (χ1v) is 11.1. The monoisotopic (exact) mass is 384 g/mol. The van der Waals surface area contributed by atoms with Crippen molar-refractivity contribution < 1.29 is 29.2 Å². The van der Waals surface area contributed by atoms with Crippen LogP contribution in [-0.4, -0.2) is 58.4 Å². The van der Waals surface area contributed by atoms with Crippen molar-refractivity contribution >= 4 is 0 Å². The predicted octanol–water partition coefficient (Wildman–Crippen LogP) is 3.03. The van der Waals surface area contributed by atoms with Crippen molar-refractivity contribution in [3.63, 3.8) is 0 Å². The summed E-state index contributed by atoms with van der Waals surface area (Å²) in [5.41, 5.74) is 0. The molecule has 6 nitrogen and oxygen atoms in total. The van der Waals surface area contributed by atoms with Gasteiger partial charge in [0.15, 0.2) is 11.6 Å². The lowest BCUT2D eigenvalue weighted by Gasteiger charge is -2.38. The van der Waals surface area contributed by atoms with Gasteiger partial charge < -0.3 is 29.2 Å². The van der Waals surface area contributed by atoms with Crippen LogP contribution in [0.15, 0.2) is 0 Å². The maximum absolute atomic E-state index is 11.0. The minimum absolute atomic E-state index is 0.545. The first-order valence-electron chi connectivity index (χ1n) is 11.1. The van der Waals surface area contributed by atoms with Crippen molar-refractivity contribution in [1.82, 2.24) is 0 Å². The van der Waals surface area contributed by atoms with E-state index in [0.29, 0.717) is 0 Å². The van der Waals surface area contributed by atoms with Crippen LogP contribution in [0.25, 0.3) is 0 Å². The van der Waals surface area contributed by atoms with E-state index in [-0.39, 0.29) is 0 Å². The SMILES string of the molecule is CCCCC1(CCCC)O[C@@H]2[C@@H](O)[C@@H]3OC4(CCCCC4)O[C@H]3[C@H](O)[C@@H]2O1. The largest absolute Gasteiger partial charge is 0.387 e. The third-order valence-electron chi connectivity index (χ3n) is 6.84. The highest BCUT2D eigenvalue weighted by atomic mass is 16.8. The van der Waals surface area contributed by atoms with Crippen LogP contribution in [0.1, 0.15) is 84.5 Å². The van der Waals surface area contributed by atoms with E-state index in [1.807, 2.05) is 0 Å². The summed E-state index contributed by atoms with van der Waals surface area (Å²) >= 11 is 0. The molecule has 2 aliphatic carbocycles. The number of hydrogen-bond acceptors (Lipinski definition) is 6. The summed E-state index contributed by atoms with van der Waals surface area (Å²) in [6.07, 6.45) is 6.76. The number of ether oxygens (including phenoxy) is 4. The summed E-state index contributed by atoms with van der Waals surface area (Å²) in [6, 6.07) is 0. The fourth-order valence-corrected chi connectivity index (χ4v) is 5.33. The zero-order valence-electron chi connectivity index (χ0n) is 16.8. The van der Waals surface area contributed by atoms with E-state index >= 15 is 0 Å². The average molecular weight is 385 g/mol. The smallest absolute Gasteiger partial charge is 0.169 e. The van der Waals surface area contributed by atoms with Crippen molar-refractivity contribution in [3.05, 3.63) is 0 Å². The van der Waals surface area contributed by atoms with E-state index < -0.39 is 48.2 Å². The highest BCUT2D eigenvalue weighted by Gasteiger charge is 2.65. The molecule has 2 aliphatic heterocycles. The number of fused-ring (bicyclic) bond motifs is 2. The van der Waals surface area contributed by atoms with E-state index in [2.05, 4.69) is 13.8 Å². The first kappa shape index (κ1) is 20.0. The molecular weight excluding hydrogens is 348 g/mol. The minimum Gasteiger partial charge on any atom is -0.387 e. The fourth-order valence-electron chi connectivity index (χ4n) is 5.33. The van der Waals surface area contributed by atoms with E-state index in [1.54, 1.807) is 0 Å². The molecule has 4 aliphatic rings. The summed E-state index contributed by atoms with van der Waals surface area (Å²) in [5.74, 6) is -1.35. The summed E-state index contributed by atoms with van der Waals surface area (Å²) in [7, 11) is 0. The van der Waals surface area contributed by atoms with Crippen LogP contribution in [0.4, 0.5) is 0 Å². The molecule has 4 rings (SSSR count). The summed E-state index contributed by atoms with van der Waals surface area (Å²) in [4.78, 5) is 0. The Morgan fingerprint density at radius 1 is 0.704 bits per heavy atom. The van der Waals surface area contributed by atoms with Gasteiger partial charge in [0, 0.05) is 25.7 Å². The number of hydrogen-bond donors (Lipinski definition) is 2. The van der Waals surface area contributed by atoms with Gasteiger partial charge in [0.05, 0.1) is 0 Å². The molecule has 2 saturated heterocycles. The fraction of sp³-hybridized carbons (Fsp3) is 1.00. The summed E-state index contributed by atoms with van der Waals surface area (Å²) in [5, 5.41) is 22.1. The highest BCUT2D eigenvalue weighted by Crippen LogP contribution is 2.49. The summed E-state index contributed by atoms with van der Waals surface area (Å²) < 4.78 is 25.2. The second-order valence-electron chi connectivity index (χ2n) is 8.90. The van der Waals surface area contributed by atoms with Crippen LogP contribution < -0.4 is 0 Å².